The fourth-order valence-corrected chi connectivity index (χ4v) is 1.81. The first-order valence-corrected chi connectivity index (χ1v) is 7.21. The summed E-state index contributed by atoms with van der Waals surface area (Å²) in [5, 5.41) is 0. The van der Waals surface area contributed by atoms with Crippen LogP contribution in [0, 0.1) is 6.92 Å². The molecular formula is C16H22N2O5. The zero-order valence-electron chi connectivity index (χ0n) is 13.8. The fraction of sp³-hybridized carbons (Fsp3) is 0.438. The second-order valence-electron chi connectivity index (χ2n) is 5.33. The van der Waals surface area contributed by atoms with Crippen molar-refractivity contribution in [1.29, 1.82) is 0 Å². The molecule has 7 heteroatoms. The van der Waals surface area contributed by atoms with Gasteiger partial charge in [0, 0.05) is 0 Å². The molecule has 0 aliphatic carbocycles. The highest BCUT2D eigenvalue weighted by molar-refractivity contribution is 5.95. The van der Waals surface area contributed by atoms with E-state index in [2.05, 4.69) is 15.6 Å². The van der Waals surface area contributed by atoms with Crippen molar-refractivity contribution < 1.29 is 23.9 Å². The van der Waals surface area contributed by atoms with Crippen molar-refractivity contribution in [3.8, 4) is 5.75 Å². The summed E-state index contributed by atoms with van der Waals surface area (Å²) in [4.78, 5) is 33.9. The van der Waals surface area contributed by atoms with Crippen LogP contribution in [0.1, 0.15) is 37.3 Å². The largest absolute Gasteiger partial charge is 0.483 e. The van der Waals surface area contributed by atoms with Crippen molar-refractivity contribution >= 4 is 17.8 Å². The number of aryl methyl sites for hydroxylation is 1. The highest BCUT2D eigenvalue weighted by Crippen LogP contribution is 2.27. The minimum Gasteiger partial charge on any atom is -0.483 e. The minimum atomic E-state index is -0.686. The van der Waals surface area contributed by atoms with E-state index >= 15 is 0 Å². The van der Waals surface area contributed by atoms with E-state index in [9.17, 15) is 14.4 Å². The van der Waals surface area contributed by atoms with Crippen LogP contribution in [0.2, 0.25) is 0 Å². The van der Waals surface area contributed by atoms with E-state index in [-0.39, 0.29) is 12.5 Å². The molecule has 23 heavy (non-hydrogen) atoms. The Morgan fingerprint density at radius 1 is 1.13 bits per heavy atom. The smallest absolute Gasteiger partial charge is 0.315 e. The fourth-order valence-electron chi connectivity index (χ4n) is 1.81. The van der Waals surface area contributed by atoms with Crippen LogP contribution in [0.15, 0.2) is 18.2 Å². The molecule has 0 bridgehead atoms. The standard InChI is InChI=1S/C16H22N2O5/c1-10(2)12-6-5-11(3)7-13(12)23-9-15(20)18-17-14(19)8-16(21)22-4/h5-7,10H,8-9H2,1-4H3,(H,17,19)(H,18,20). The van der Waals surface area contributed by atoms with E-state index in [1.165, 1.54) is 7.11 Å². The number of carbonyl (C=O) groups excluding carboxylic acids is 3. The maximum Gasteiger partial charge on any atom is 0.315 e. The Hall–Kier alpha value is -2.57. The summed E-state index contributed by atoms with van der Waals surface area (Å²) >= 11 is 0. The van der Waals surface area contributed by atoms with Crippen LogP contribution in [0.25, 0.3) is 0 Å². The Kier molecular flexibility index (Phi) is 7.05. The maximum absolute atomic E-state index is 11.7. The predicted octanol–water partition coefficient (Wildman–Crippen LogP) is 1.21. The molecule has 0 aliphatic rings. The van der Waals surface area contributed by atoms with Crippen LogP contribution in [-0.2, 0) is 19.1 Å². The number of hydrogen-bond acceptors (Lipinski definition) is 5. The third-order valence-corrected chi connectivity index (χ3v) is 3.02. The number of hydrogen-bond donors (Lipinski definition) is 2. The van der Waals surface area contributed by atoms with Gasteiger partial charge in [-0.05, 0) is 30.0 Å². The number of carbonyl (C=O) groups is 3. The monoisotopic (exact) mass is 322 g/mol. The second-order valence-corrected chi connectivity index (χ2v) is 5.33. The Labute approximate surface area is 135 Å². The van der Waals surface area contributed by atoms with Gasteiger partial charge in [-0.15, -0.1) is 0 Å². The summed E-state index contributed by atoms with van der Waals surface area (Å²) in [5.74, 6) is -0.984. The number of hydrazine groups is 1. The van der Waals surface area contributed by atoms with E-state index < -0.39 is 24.2 Å². The number of esters is 1. The summed E-state index contributed by atoms with van der Waals surface area (Å²) in [7, 11) is 1.18. The maximum atomic E-state index is 11.7. The van der Waals surface area contributed by atoms with Gasteiger partial charge in [-0.2, -0.15) is 0 Å². The molecule has 0 aliphatic heterocycles. The van der Waals surface area contributed by atoms with Crippen LogP contribution < -0.4 is 15.6 Å². The molecule has 0 radical (unpaired) electrons. The average Bonchev–Trinajstić information content (AvgIpc) is 2.50. The summed E-state index contributed by atoms with van der Waals surface area (Å²) in [6, 6.07) is 5.80. The zero-order valence-corrected chi connectivity index (χ0v) is 13.8. The zero-order chi connectivity index (χ0) is 17.4. The van der Waals surface area contributed by atoms with Crippen molar-refractivity contribution in [2.24, 2.45) is 0 Å². The molecule has 0 atom stereocenters. The first-order valence-electron chi connectivity index (χ1n) is 7.21. The Morgan fingerprint density at radius 2 is 1.78 bits per heavy atom. The molecule has 0 fully saturated rings. The SMILES string of the molecule is COC(=O)CC(=O)NNC(=O)COc1cc(C)ccc1C(C)C. The molecule has 126 valence electrons. The molecule has 2 N–H and O–H groups in total. The second kappa shape index (κ2) is 8.77. The molecule has 1 aromatic rings. The van der Waals surface area contributed by atoms with E-state index in [1.807, 2.05) is 39.0 Å². The van der Waals surface area contributed by atoms with Gasteiger partial charge >= 0.3 is 5.97 Å². The lowest BCUT2D eigenvalue weighted by molar-refractivity contribution is -0.144. The van der Waals surface area contributed by atoms with Gasteiger partial charge in [0.25, 0.3) is 5.91 Å². The van der Waals surface area contributed by atoms with Gasteiger partial charge in [-0.3, -0.25) is 25.2 Å². The summed E-state index contributed by atoms with van der Waals surface area (Å²) < 4.78 is 9.86. The number of amides is 2. The first-order chi connectivity index (χ1) is 10.8. The van der Waals surface area contributed by atoms with E-state index in [0.29, 0.717) is 5.75 Å². The van der Waals surface area contributed by atoms with Crippen molar-refractivity contribution in [3.05, 3.63) is 29.3 Å². The highest BCUT2D eigenvalue weighted by Gasteiger charge is 2.12. The van der Waals surface area contributed by atoms with Crippen molar-refractivity contribution in [2.75, 3.05) is 13.7 Å². The van der Waals surface area contributed by atoms with Crippen LogP contribution in [0.4, 0.5) is 0 Å². The van der Waals surface area contributed by atoms with Crippen molar-refractivity contribution in [3.63, 3.8) is 0 Å². The van der Waals surface area contributed by atoms with Crippen molar-refractivity contribution in [2.45, 2.75) is 33.1 Å². The molecule has 0 aromatic heterocycles. The van der Waals surface area contributed by atoms with Gasteiger partial charge in [0.2, 0.25) is 5.91 Å². The van der Waals surface area contributed by atoms with Crippen LogP contribution >= 0.6 is 0 Å². The number of rotatable bonds is 6. The lowest BCUT2D eigenvalue weighted by Gasteiger charge is -2.15. The van der Waals surface area contributed by atoms with Gasteiger partial charge in [0.1, 0.15) is 12.2 Å². The molecule has 2 amide bonds. The molecule has 0 spiro atoms. The summed E-state index contributed by atoms with van der Waals surface area (Å²) in [6.07, 6.45) is -0.465. The normalized spacial score (nSPS) is 10.1. The molecule has 1 rings (SSSR count). The van der Waals surface area contributed by atoms with Crippen LogP contribution in [-0.4, -0.2) is 31.5 Å². The quantitative estimate of drug-likeness (QED) is 0.466. The van der Waals surface area contributed by atoms with Gasteiger partial charge in [0.05, 0.1) is 7.11 Å². The van der Waals surface area contributed by atoms with Gasteiger partial charge in [-0.25, -0.2) is 0 Å². The third-order valence-electron chi connectivity index (χ3n) is 3.02. The lowest BCUT2D eigenvalue weighted by atomic mass is 10.0. The summed E-state index contributed by atoms with van der Waals surface area (Å²) in [5.41, 5.74) is 6.31. The van der Waals surface area contributed by atoms with Crippen LogP contribution in [0.3, 0.4) is 0 Å². The molecule has 7 nitrogen and oxygen atoms in total. The topological polar surface area (TPSA) is 93.7 Å². The molecule has 0 saturated carbocycles. The molecular weight excluding hydrogens is 300 g/mol. The molecule has 0 unspecified atom stereocenters. The molecule has 0 saturated heterocycles. The van der Waals surface area contributed by atoms with E-state index in [4.69, 9.17) is 4.74 Å². The first kappa shape index (κ1) is 18.5. The van der Waals surface area contributed by atoms with E-state index in [1.54, 1.807) is 0 Å². The highest BCUT2D eigenvalue weighted by atomic mass is 16.5. The van der Waals surface area contributed by atoms with E-state index in [0.717, 1.165) is 11.1 Å². The molecule has 1 aromatic carbocycles. The lowest BCUT2D eigenvalue weighted by Crippen LogP contribution is -2.44. The van der Waals surface area contributed by atoms with Gasteiger partial charge in [0.15, 0.2) is 6.61 Å². The number of ether oxygens (including phenoxy) is 2. The minimum absolute atomic E-state index is 0.248. The average molecular weight is 322 g/mol. The predicted molar refractivity (Wildman–Crippen MR) is 83.7 cm³/mol. The Morgan fingerprint density at radius 3 is 2.39 bits per heavy atom. The van der Waals surface area contributed by atoms with Crippen LogP contribution in [0.5, 0.6) is 5.75 Å². The van der Waals surface area contributed by atoms with Gasteiger partial charge < -0.3 is 9.47 Å². The number of methoxy groups -OCH3 is 1. The number of nitrogens with one attached hydrogen (secondary N) is 2. The third kappa shape index (κ3) is 6.37. The summed E-state index contributed by atoms with van der Waals surface area (Å²) in [6.45, 7) is 5.75. The molecule has 0 heterocycles. The Balaban J connectivity index is 2.49. The number of benzene rings is 1. The Bertz CT molecular complexity index is 584. The van der Waals surface area contributed by atoms with Crippen molar-refractivity contribution in [1.82, 2.24) is 10.9 Å². The van der Waals surface area contributed by atoms with Gasteiger partial charge in [-0.1, -0.05) is 26.0 Å².